The molecule has 1 aliphatic heterocycles. The molecule has 0 aliphatic carbocycles. The van der Waals surface area contributed by atoms with E-state index < -0.39 is 0 Å². The van der Waals surface area contributed by atoms with Gasteiger partial charge in [-0.25, -0.2) is 0 Å². The first-order valence-electron chi connectivity index (χ1n) is 8.17. The molecule has 0 bridgehead atoms. The average molecular weight is 335 g/mol. The molecule has 25 heavy (non-hydrogen) atoms. The summed E-state index contributed by atoms with van der Waals surface area (Å²) in [6.07, 6.45) is 2.26. The third-order valence-corrected chi connectivity index (χ3v) is 4.47. The summed E-state index contributed by atoms with van der Waals surface area (Å²) in [6, 6.07) is 13.5. The highest BCUT2D eigenvalue weighted by molar-refractivity contribution is 5.91. The number of rotatable bonds is 3. The highest BCUT2D eigenvalue weighted by Crippen LogP contribution is 2.31. The standard InChI is InChI=1S/C18H17N5O2/c19-10-12-7-9-25-11-15(12)23-14-6-8-20-18(24)16(14)17(22-23)21-13-4-2-1-3-5-13/h1-6,8,12,15H,7,9,11H2,(H,20,24)(H,21,22)/t12?,15-/m0/s1. The number of benzene rings is 1. The summed E-state index contributed by atoms with van der Waals surface area (Å²) in [5.74, 6) is 0.283. The molecule has 3 heterocycles. The van der Waals surface area contributed by atoms with Crippen molar-refractivity contribution in [1.29, 1.82) is 5.26 Å². The second-order valence-electron chi connectivity index (χ2n) is 6.02. The van der Waals surface area contributed by atoms with Gasteiger partial charge in [-0.1, -0.05) is 18.2 Å². The van der Waals surface area contributed by atoms with Crippen LogP contribution in [0.25, 0.3) is 10.9 Å². The van der Waals surface area contributed by atoms with Crippen molar-refractivity contribution in [1.82, 2.24) is 14.8 Å². The van der Waals surface area contributed by atoms with Crippen LogP contribution in [0.5, 0.6) is 0 Å². The first-order valence-corrected chi connectivity index (χ1v) is 8.17. The number of aromatic nitrogens is 3. The minimum absolute atomic E-state index is 0.194. The van der Waals surface area contributed by atoms with Gasteiger partial charge < -0.3 is 15.0 Å². The number of hydrogen-bond acceptors (Lipinski definition) is 5. The van der Waals surface area contributed by atoms with Gasteiger partial charge in [0, 0.05) is 18.5 Å². The van der Waals surface area contributed by atoms with Crippen LogP contribution in [0.2, 0.25) is 0 Å². The lowest BCUT2D eigenvalue weighted by atomic mass is 9.96. The van der Waals surface area contributed by atoms with Crippen molar-refractivity contribution in [2.45, 2.75) is 12.5 Å². The summed E-state index contributed by atoms with van der Waals surface area (Å²) in [5, 5.41) is 17.8. The predicted molar refractivity (Wildman–Crippen MR) is 93.7 cm³/mol. The number of pyridine rings is 1. The van der Waals surface area contributed by atoms with Crippen molar-refractivity contribution in [3.63, 3.8) is 0 Å². The SMILES string of the molecule is N#CC1CCOC[C@@H]1n1nc(Nc2ccccc2)c2c(=O)[nH]ccc21. The zero-order valence-corrected chi connectivity index (χ0v) is 13.5. The van der Waals surface area contributed by atoms with E-state index >= 15 is 0 Å². The third kappa shape index (κ3) is 2.77. The summed E-state index contributed by atoms with van der Waals surface area (Å²) in [6.45, 7) is 0.982. The Labute approximate surface area is 143 Å². The van der Waals surface area contributed by atoms with Gasteiger partial charge in [0.25, 0.3) is 5.56 Å². The highest BCUT2D eigenvalue weighted by atomic mass is 16.5. The minimum atomic E-state index is -0.215. The van der Waals surface area contributed by atoms with E-state index in [1.807, 2.05) is 36.4 Å². The molecule has 0 saturated carbocycles. The van der Waals surface area contributed by atoms with Crippen LogP contribution < -0.4 is 10.9 Å². The van der Waals surface area contributed by atoms with E-state index in [0.29, 0.717) is 36.4 Å². The highest BCUT2D eigenvalue weighted by Gasteiger charge is 2.30. The number of aromatic amines is 1. The Hall–Kier alpha value is -3.11. The molecule has 1 aromatic carbocycles. The lowest BCUT2D eigenvalue weighted by Crippen LogP contribution is -2.30. The number of para-hydroxylation sites is 1. The lowest BCUT2D eigenvalue weighted by molar-refractivity contribution is 0.0359. The van der Waals surface area contributed by atoms with Gasteiger partial charge in [-0.2, -0.15) is 10.4 Å². The monoisotopic (exact) mass is 335 g/mol. The second-order valence-corrected chi connectivity index (χ2v) is 6.02. The third-order valence-electron chi connectivity index (χ3n) is 4.47. The predicted octanol–water partition coefficient (Wildman–Crippen LogP) is 2.57. The fraction of sp³-hybridized carbons (Fsp3) is 0.278. The van der Waals surface area contributed by atoms with E-state index in [9.17, 15) is 10.1 Å². The zero-order valence-electron chi connectivity index (χ0n) is 13.5. The molecule has 2 N–H and O–H groups in total. The maximum Gasteiger partial charge on any atom is 0.261 e. The lowest BCUT2D eigenvalue weighted by Gasteiger charge is -2.27. The first kappa shape index (κ1) is 15.4. The molecule has 2 aromatic heterocycles. The maximum absolute atomic E-state index is 12.4. The quantitative estimate of drug-likeness (QED) is 0.767. The summed E-state index contributed by atoms with van der Waals surface area (Å²) >= 11 is 0. The van der Waals surface area contributed by atoms with Gasteiger partial charge in [0.05, 0.1) is 30.2 Å². The molecule has 4 rings (SSSR count). The fourth-order valence-electron chi connectivity index (χ4n) is 3.21. The second kappa shape index (κ2) is 6.42. The molecule has 126 valence electrons. The van der Waals surface area contributed by atoms with Gasteiger partial charge in [0.15, 0.2) is 5.82 Å². The summed E-state index contributed by atoms with van der Waals surface area (Å²) in [5.41, 5.74) is 1.32. The van der Waals surface area contributed by atoms with Crippen molar-refractivity contribution < 1.29 is 4.74 Å². The molecular formula is C18H17N5O2. The van der Waals surface area contributed by atoms with Gasteiger partial charge in [-0.15, -0.1) is 0 Å². The molecule has 7 heteroatoms. The number of hydrogen-bond donors (Lipinski definition) is 2. The van der Waals surface area contributed by atoms with Crippen molar-refractivity contribution in [3.05, 3.63) is 52.9 Å². The van der Waals surface area contributed by atoms with E-state index in [1.54, 1.807) is 10.9 Å². The van der Waals surface area contributed by atoms with E-state index in [4.69, 9.17) is 4.74 Å². The number of ether oxygens (including phenoxy) is 1. The number of fused-ring (bicyclic) bond motifs is 1. The maximum atomic E-state index is 12.4. The fourth-order valence-corrected chi connectivity index (χ4v) is 3.21. The van der Waals surface area contributed by atoms with Crippen LogP contribution in [-0.2, 0) is 4.74 Å². The van der Waals surface area contributed by atoms with Crippen LogP contribution in [0.15, 0.2) is 47.4 Å². The summed E-state index contributed by atoms with van der Waals surface area (Å²) in [7, 11) is 0. The Morgan fingerprint density at radius 3 is 2.96 bits per heavy atom. The Morgan fingerprint density at radius 2 is 2.16 bits per heavy atom. The van der Waals surface area contributed by atoms with E-state index in [1.165, 1.54) is 0 Å². The zero-order chi connectivity index (χ0) is 17.2. The van der Waals surface area contributed by atoms with Crippen molar-refractivity contribution >= 4 is 22.4 Å². The van der Waals surface area contributed by atoms with Gasteiger partial charge in [0.1, 0.15) is 5.39 Å². The summed E-state index contributed by atoms with van der Waals surface area (Å²) in [4.78, 5) is 15.1. The molecular weight excluding hydrogens is 318 g/mol. The molecule has 0 spiro atoms. The Kier molecular flexibility index (Phi) is 3.96. The molecule has 1 unspecified atom stereocenters. The van der Waals surface area contributed by atoms with E-state index in [-0.39, 0.29) is 17.5 Å². The first-order chi connectivity index (χ1) is 12.3. The van der Waals surface area contributed by atoms with Crippen LogP contribution in [0.1, 0.15) is 12.5 Å². The van der Waals surface area contributed by atoms with Crippen molar-refractivity contribution in [2.75, 3.05) is 18.5 Å². The molecule has 1 saturated heterocycles. The Bertz CT molecular complexity index is 986. The van der Waals surface area contributed by atoms with Crippen LogP contribution in [0.4, 0.5) is 11.5 Å². The van der Waals surface area contributed by atoms with E-state index in [2.05, 4.69) is 21.5 Å². The number of anilines is 2. The normalized spacial score (nSPS) is 20.3. The molecule has 1 fully saturated rings. The number of nitriles is 1. The molecule has 0 amide bonds. The molecule has 3 aromatic rings. The molecule has 1 aliphatic rings. The van der Waals surface area contributed by atoms with Gasteiger partial charge in [0.2, 0.25) is 0 Å². The summed E-state index contributed by atoms with van der Waals surface area (Å²) < 4.78 is 7.31. The van der Waals surface area contributed by atoms with Gasteiger partial charge >= 0.3 is 0 Å². The average Bonchev–Trinajstić information content (AvgIpc) is 3.02. The topological polar surface area (TPSA) is 95.7 Å². The number of H-pyrrole nitrogens is 1. The van der Waals surface area contributed by atoms with Crippen LogP contribution in [0.3, 0.4) is 0 Å². The van der Waals surface area contributed by atoms with Gasteiger partial charge in [-0.05, 0) is 24.6 Å². The number of nitrogens with one attached hydrogen (secondary N) is 2. The van der Waals surface area contributed by atoms with Crippen LogP contribution in [0, 0.1) is 17.2 Å². The largest absolute Gasteiger partial charge is 0.379 e. The molecule has 7 nitrogen and oxygen atoms in total. The van der Waals surface area contributed by atoms with Gasteiger partial charge in [-0.3, -0.25) is 9.48 Å². The van der Waals surface area contributed by atoms with Crippen molar-refractivity contribution in [2.24, 2.45) is 5.92 Å². The van der Waals surface area contributed by atoms with Crippen molar-refractivity contribution in [3.8, 4) is 6.07 Å². The molecule has 2 atom stereocenters. The Balaban J connectivity index is 1.84. The molecule has 0 radical (unpaired) electrons. The van der Waals surface area contributed by atoms with E-state index in [0.717, 1.165) is 5.69 Å². The minimum Gasteiger partial charge on any atom is -0.379 e. The number of nitrogens with zero attached hydrogens (tertiary/aromatic N) is 3. The van der Waals surface area contributed by atoms with Crippen LogP contribution in [-0.4, -0.2) is 28.0 Å². The smallest absolute Gasteiger partial charge is 0.261 e. The van der Waals surface area contributed by atoms with Crippen LogP contribution >= 0.6 is 0 Å². The Morgan fingerprint density at radius 1 is 1.32 bits per heavy atom.